The Morgan fingerprint density at radius 1 is 1.40 bits per heavy atom. The van der Waals surface area contributed by atoms with Crippen LogP contribution in [0.3, 0.4) is 0 Å². The summed E-state index contributed by atoms with van der Waals surface area (Å²) in [6.45, 7) is 6.00. The number of rotatable bonds is 3. The fraction of sp³-hybridized carbons (Fsp3) is 0.231. The molecule has 0 saturated heterocycles. The van der Waals surface area contributed by atoms with E-state index < -0.39 is 0 Å². The second-order valence-electron chi connectivity index (χ2n) is 3.76. The third kappa shape index (κ3) is 1.68. The van der Waals surface area contributed by atoms with Crippen LogP contribution in [-0.4, -0.2) is 7.05 Å². The molecule has 2 aromatic rings. The van der Waals surface area contributed by atoms with Crippen molar-refractivity contribution in [3.05, 3.63) is 48.2 Å². The van der Waals surface area contributed by atoms with Gasteiger partial charge in [0.05, 0.1) is 12.3 Å². The Hall–Kier alpha value is -1.54. The van der Waals surface area contributed by atoms with Gasteiger partial charge in [0.15, 0.2) is 0 Å². The highest BCUT2D eigenvalue weighted by Gasteiger charge is 2.15. The lowest BCUT2D eigenvalue weighted by molar-refractivity contribution is 0.595. The van der Waals surface area contributed by atoms with Crippen LogP contribution in [0.15, 0.2) is 47.1 Å². The Bertz CT molecular complexity index is 484. The minimum absolute atomic E-state index is 0.161. The standard InChI is InChI=1S/C13H15NO/c1-9(2)13(14-3)11-8-15-12-7-5-4-6-10(11)12/h4-8,13-14H,1H2,2-3H3. The van der Waals surface area contributed by atoms with Gasteiger partial charge in [-0.1, -0.05) is 30.4 Å². The molecule has 0 bridgehead atoms. The van der Waals surface area contributed by atoms with E-state index in [0.717, 1.165) is 22.1 Å². The van der Waals surface area contributed by atoms with Gasteiger partial charge in [-0.2, -0.15) is 0 Å². The van der Waals surface area contributed by atoms with Crippen molar-refractivity contribution < 1.29 is 4.42 Å². The number of hydrogen-bond acceptors (Lipinski definition) is 2. The van der Waals surface area contributed by atoms with E-state index >= 15 is 0 Å². The molecule has 2 rings (SSSR count). The first kappa shape index (κ1) is 9.99. The van der Waals surface area contributed by atoms with Crippen LogP contribution in [0.5, 0.6) is 0 Å². The van der Waals surface area contributed by atoms with Gasteiger partial charge in [-0.05, 0) is 20.0 Å². The summed E-state index contributed by atoms with van der Waals surface area (Å²) in [6, 6.07) is 8.21. The molecular weight excluding hydrogens is 186 g/mol. The lowest BCUT2D eigenvalue weighted by Crippen LogP contribution is -2.16. The lowest BCUT2D eigenvalue weighted by Gasteiger charge is -2.14. The maximum absolute atomic E-state index is 5.50. The fourth-order valence-corrected chi connectivity index (χ4v) is 1.89. The molecule has 0 saturated carbocycles. The summed E-state index contributed by atoms with van der Waals surface area (Å²) in [5, 5.41) is 4.39. The summed E-state index contributed by atoms with van der Waals surface area (Å²) < 4.78 is 5.50. The van der Waals surface area contributed by atoms with E-state index in [2.05, 4.69) is 18.0 Å². The number of nitrogens with one attached hydrogen (secondary N) is 1. The molecule has 0 aliphatic heterocycles. The van der Waals surface area contributed by atoms with Crippen molar-refractivity contribution in [3.8, 4) is 0 Å². The number of benzene rings is 1. The monoisotopic (exact) mass is 201 g/mol. The summed E-state index contributed by atoms with van der Waals surface area (Å²) in [6.07, 6.45) is 1.81. The van der Waals surface area contributed by atoms with Crippen LogP contribution in [0.4, 0.5) is 0 Å². The Morgan fingerprint density at radius 3 is 2.80 bits per heavy atom. The molecule has 15 heavy (non-hydrogen) atoms. The highest BCUT2D eigenvalue weighted by atomic mass is 16.3. The van der Waals surface area contributed by atoms with Gasteiger partial charge in [-0.15, -0.1) is 0 Å². The quantitative estimate of drug-likeness (QED) is 0.771. The average Bonchev–Trinajstić information content (AvgIpc) is 2.63. The highest BCUT2D eigenvalue weighted by molar-refractivity contribution is 5.81. The minimum Gasteiger partial charge on any atom is -0.464 e. The van der Waals surface area contributed by atoms with E-state index in [9.17, 15) is 0 Å². The van der Waals surface area contributed by atoms with Crippen LogP contribution in [0.25, 0.3) is 11.0 Å². The van der Waals surface area contributed by atoms with Crippen LogP contribution >= 0.6 is 0 Å². The Balaban J connectivity index is 2.55. The molecule has 0 amide bonds. The fourth-order valence-electron chi connectivity index (χ4n) is 1.89. The third-order valence-electron chi connectivity index (χ3n) is 2.60. The summed E-state index contributed by atoms with van der Waals surface area (Å²) >= 11 is 0. The molecule has 2 heteroatoms. The molecule has 78 valence electrons. The predicted octanol–water partition coefficient (Wildman–Crippen LogP) is 3.27. The summed E-state index contributed by atoms with van der Waals surface area (Å²) in [7, 11) is 1.93. The molecule has 0 radical (unpaired) electrons. The van der Waals surface area contributed by atoms with Gasteiger partial charge >= 0.3 is 0 Å². The zero-order valence-corrected chi connectivity index (χ0v) is 9.08. The van der Waals surface area contributed by atoms with Crippen LogP contribution in [-0.2, 0) is 0 Å². The van der Waals surface area contributed by atoms with Gasteiger partial charge < -0.3 is 9.73 Å². The second-order valence-corrected chi connectivity index (χ2v) is 3.76. The molecule has 1 aromatic heterocycles. The van der Waals surface area contributed by atoms with Crippen molar-refractivity contribution in [3.63, 3.8) is 0 Å². The van der Waals surface area contributed by atoms with Gasteiger partial charge in [0.2, 0.25) is 0 Å². The number of likely N-dealkylation sites (N-methyl/N-ethyl adjacent to an activating group) is 1. The van der Waals surface area contributed by atoms with E-state index in [1.165, 1.54) is 0 Å². The van der Waals surface area contributed by atoms with E-state index in [1.807, 2.05) is 32.2 Å². The van der Waals surface area contributed by atoms with Gasteiger partial charge in [-0.3, -0.25) is 0 Å². The Morgan fingerprint density at radius 2 is 2.13 bits per heavy atom. The first-order valence-electron chi connectivity index (χ1n) is 5.03. The second kappa shape index (κ2) is 3.91. The van der Waals surface area contributed by atoms with Crippen LogP contribution < -0.4 is 5.32 Å². The Labute approximate surface area is 89.6 Å². The molecule has 1 heterocycles. The molecule has 0 aliphatic rings. The van der Waals surface area contributed by atoms with Crippen LogP contribution in [0, 0.1) is 0 Å². The molecule has 1 unspecified atom stereocenters. The first-order valence-corrected chi connectivity index (χ1v) is 5.03. The van der Waals surface area contributed by atoms with E-state index in [0.29, 0.717) is 0 Å². The SMILES string of the molecule is C=C(C)C(NC)c1coc2ccccc12. The minimum atomic E-state index is 0.161. The highest BCUT2D eigenvalue weighted by Crippen LogP contribution is 2.29. The third-order valence-corrected chi connectivity index (χ3v) is 2.60. The number of hydrogen-bond donors (Lipinski definition) is 1. The maximum Gasteiger partial charge on any atom is 0.134 e. The molecule has 1 N–H and O–H groups in total. The van der Waals surface area contributed by atoms with Crippen molar-refractivity contribution in [1.29, 1.82) is 0 Å². The zero-order valence-electron chi connectivity index (χ0n) is 9.08. The van der Waals surface area contributed by atoms with Crippen molar-refractivity contribution >= 4 is 11.0 Å². The largest absolute Gasteiger partial charge is 0.464 e. The Kier molecular flexibility index (Phi) is 2.60. The van der Waals surface area contributed by atoms with Crippen molar-refractivity contribution in [2.24, 2.45) is 0 Å². The maximum atomic E-state index is 5.50. The molecule has 0 spiro atoms. The molecule has 2 nitrogen and oxygen atoms in total. The van der Waals surface area contributed by atoms with Crippen molar-refractivity contribution in [1.82, 2.24) is 5.32 Å². The summed E-state index contributed by atoms with van der Waals surface area (Å²) in [4.78, 5) is 0. The molecule has 0 aliphatic carbocycles. The van der Waals surface area contributed by atoms with Gasteiger partial charge in [0.25, 0.3) is 0 Å². The molecule has 1 aromatic carbocycles. The number of furan rings is 1. The van der Waals surface area contributed by atoms with E-state index in [4.69, 9.17) is 4.42 Å². The van der Waals surface area contributed by atoms with Crippen LogP contribution in [0.2, 0.25) is 0 Å². The number of fused-ring (bicyclic) bond motifs is 1. The van der Waals surface area contributed by atoms with Gasteiger partial charge in [0, 0.05) is 10.9 Å². The van der Waals surface area contributed by atoms with Crippen molar-refractivity contribution in [2.45, 2.75) is 13.0 Å². The number of para-hydroxylation sites is 1. The smallest absolute Gasteiger partial charge is 0.134 e. The normalized spacial score (nSPS) is 12.9. The van der Waals surface area contributed by atoms with Gasteiger partial charge in [0.1, 0.15) is 5.58 Å². The first-order chi connectivity index (χ1) is 7.24. The molecule has 0 fully saturated rings. The van der Waals surface area contributed by atoms with Gasteiger partial charge in [-0.25, -0.2) is 0 Å². The van der Waals surface area contributed by atoms with E-state index in [-0.39, 0.29) is 6.04 Å². The van der Waals surface area contributed by atoms with E-state index in [1.54, 1.807) is 6.26 Å². The predicted molar refractivity (Wildman–Crippen MR) is 62.8 cm³/mol. The van der Waals surface area contributed by atoms with Crippen LogP contribution in [0.1, 0.15) is 18.5 Å². The molecule has 1 atom stereocenters. The molecular formula is C13H15NO. The zero-order chi connectivity index (χ0) is 10.8. The summed E-state index contributed by atoms with van der Waals surface area (Å²) in [5.74, 6) is 0. The lowest BCUT2D eigenvalue weighted by atomic mass is 10.0. The average molecular weight is 201 g/mol. The topological polar surface area (TPSA) is 25.2 Å². The van der Waals surface area contributed by atoms with Crippen molar-refractivity contribution in [2.75, 3.05) is 7.05 Å². The summed E-state index contributed by atoms with van der Waals surface area (Å²) in [5.41, 5.74) is 3.17.